The number of morpholine rings is 1. The van der Waals surface area contributed by atoms with E-state index in [2.05, 4.69) is 15.2 Å². The maximum Gasteiger partial charge on any atom is 0.251 e. The van der Waals surface area contributed by atoms with Crippen molar-refractivity contribution in [2.75, 3.05) is 32.8 Å². The Labute approximate surface area is 146 Å². The van der Waals surface area contributed by atoms with Gasteiger partial charge in [-0.2, -0.15) is 0 Å². The summed E-state index contributed by atoms with van der Waals surface area (Å²) in [4.78, 5) is 18.6. The first-order valence-corrected chi connectivity index (χ1v) is 8.37. The molecule has 24 heavy (non-hydrogen) atoms. The second kappa shape index (κ2) is 8.24. The van der Waals surface area contributed by atoms with Crippen LogP contribution in [0.25, 0.3) is 0 Å². The first kappa shape index (κ1) is 16.9. The minimum Gasteiger partial charge on any atom is -0.379 e. The third kappa shape index (κ3) is 4.32. The molecule has 126 valence electrons. The van der Waals surface area contributed by atoms with Gasteiger partial charge in [-0.3, -0.25) is 14.7 Å². The Bertz CT molecular complexity index is 675. The third-order valence-electron chi connectivity index (χ3n) is 4.12. The van der Waals surface area contributed by atoms with Crippen molar-refractivity contribution in [1.29, 1.82) is 0 Å². The lowest BCUT2D eigenvalue weighted by Gasteiger charge is -2.35. The van der Waals surface area contributed by atoms with Crippen LogP contribution in [0.15, 0.2) is 48.8 Å². The van der Waals surface area contributed by atoms with Crippen LogP contribution >= 0.6 is 11.6 Å². The number of benzene rings is 1. The van der Waals surface area contributed by atoms with E-state index in [-0.39, 0.29) is 11.9 Å². The molecule has 6 heteroatoms. The van der Waals surface area contributed by atoms with Crippen LogP contribution < -0.4 is 5.32 Å². The van der Waals surface area contributed by atoms with E-state index in [1.54, 1.807) is 24.5 Å². The molecule has 1 aromatic heterocycles. The van der Waals surface area contributed by atoms with Crippen molar-refractivity contribution < 1.29 is 9.53 Å². The Morgan fingerprint density at radius 2 is 2.00 bits per heavy atom. The Kier molecular flexibility index (Phi) is 5.80. The predicted octanol–water partition coefficient (Wildman–Crippen LogP) is 2.54. The molecule has 1 aliphatic rings. The van der Waals surface area contributed by atoms with Crippen LogP contribution in [0.4, 0.5) is 0 Å². The quantitative estimate of drug-likeness (QED) is 0.904. The summed E-state index contributed by atoms with van der Waals surface area (Å²) in [6.45, 7) is 3.59. The second-order valence-corrected chi connectivity index (χ2v) is 6.10. The third-order valence-corrected chi connectivity index (χ3v) is 4.35. The molecule has 2 heterocycles. The number of carbonyl (C=O) groups excluding carboxylic acids is 1. The van der Waals surface area contributed by atoms with Gasteiger partial charge in [0.1, 0.15) is 0 Å². The fourth-order valence-corrected chi connectivity index (χ4v) is 3.05. The summed E-state index contributed by atoms with van der Waals surface area (Å²) in [7, 11) is 0. The maximum absolute atomic E-state index is 12.3. The summed E-state index contributed by atoms with van der Waals surface area (Å²) in [6.07, 6.45) is 3.23. The monoisotopic (exact) mass is 345 g/mol. The van der Waals surface area contributed by atoms with Gasteiger partial charge in [0.25, 0.3) is 5.91 Å². The fourth-order valence-electron chi connectivity index (χ4n) is 2.86. The zero-order valence-corrected chi connectivity index (χ0v) is 14.1. The minimum absolute atomic E-state index is 0.0680. The summed E-state index contributed by atoms with van der Waals surface area (Å²) in [5.74, 6) is -0.0994. The molecule has 0 spiro atoms. The van der Waals surface area contributed by atoms with Crippen LogP contribution in [0.3, 0.4) is 0 Å². The van der Waals surface area contributed by atoms with Gasteiger partial charge in [0.15, 0.2) is 0 Å². The van der Waals surface area contributed by atoms with Gasteiger partial charge in [0.2, 0.25) is 0 Å². The van der Waals surface area contributed by atoms with E-state index in [1.807, 2.05) is 24.3 Å². The number of nitrogens with one attached hydrogen (secondary N) is 1. The molecule has 1 aromatic carbocycles. The molecule has 3 rings (SSSR count). The number of nitrogens with zero attached hydrogens (tertiary/aromatic N) is 2. The number of carbonyl (C=O) groups is 1. The standard InChI is InChI=1S/C18H20ClN3O2/c19-16-3-1-2-15(12-16)17(22-8-10-24-11-9-22)13-21-18(23)14-4-6-20-7-5-14/h1-7,12,17H,8-11,13H2,(H,21,23). The molecule has 1 saturated heterocycles. The number of rotatable bonds is 5. The van der Waals surface area contributed by atoms with Gasteiger partial charge < -0.3 is 10.1 Å². The van der Waals surface area contributed by atoms with Crippen molar-refractivity contribution in [3.8, 4) is 0 Å². The number of amides is 1. The van der Waals surface area contributed by atoms with E-state index in [0.29, 0.717) is 30.3 Å². The highest BCUT2D eigenvalue weighted by Gasteiger charge is 2.23. The zero-order valence-electron chi connectivity index (χ0n) is 13.3. The molecule has 1 fully saturated rings. The van der Waals surface area contributed by atoms with Crippen LogP contribution in [-0.2, 0) is 4.74 Å². The molecule has 0 aliphatic carbocycles. The Balaban J connectivity index is 1.73. The van der Waals surface area contributed by atoms with Gasteiger partial charge in [-0.05, 0) is 29.8 Å². The first-order chi connectivity index (χ1) is 11.7. The van der Waals surface area contributed by atoms with Gasteiger partial charge in [-0.1, -0.05) is 23.7 Å². The molecule has 1 aliphatic heterocycles. The summed E-state index contributed by atoms with van der Waals surface area (Å²) < 4.78 is 5.44. The largest absolute Gasteiger partial charge is 0.379 e. The highest BCUT2D eigenvalue weighted by molar-refractivity contribution is 6.30. The van der Waals surface area contributed by atoms with Crippen LogP contribution in [0.2, 0.25) is 5.02 Å². The van der Waals surface area contributed by atoms with Crippen LogP contribution in [-0.4, -0.2) is 48.6 Å². The normalized spacial score (nSPS) is 16.5. The van der Waals surface area contributed by atoms with Crippen LogP contribution in [0, 0.1) is 0 Å². The molecular weight excluding hydrogens is 326 g/mol. The number of hydrogen-bond acceptors (Lipinski definition) is 4. The summed E-state index contributed by atoms with van der Waals surface area (Å²) in [5.41, 5.74) is 1.70. The van der Waals surface area contributed by atoms with Gasteiger partial charge in [-0.25, -0.2) is 0 Å². The number of halogens is 1. The number of ether oxygens (including phenoxy) is 1. The molecule has 1 unspecified atom stereocenters. The average Bonchev–Trinajstić information content (AvgIpc) is 2.63. The van der Waals surface area contributed by atoms with Gasteiger partial charge in [0.05, 0.1) is 19.3 Å². The lowest BCUT2D eigenvalue weighted by molar-refractivity contribution is 0.0162. The Hall–Kier alpha value is -1.95. The summed E-state index contributed by atoms with van der Waals surface area (Å²) >= 11 is 6.15. The van der Waals surface area contributed by atoms with E-state index in [1.165, 1.54) is 0 Å². The van der Waals surface area contributed by atoms with Crippen LogP contribution in [0.1, 0.15) is 22.0 Å². The molecule has 0 saturated carbocycles. The molecule has 1 N–H and O–H groups in total. The second-order valence-electron chi connectivity index (χ2n) is 5.67. The molecule has 0 radical (unpaired) electrons. The van der Waals surface area contributed by atoms with E-state index in [9.17, 15) is 4.79 Å². The van der Waals surface area contributed by atoms with Crippen molar-refractivity contribution >= 4 is 17.5 Å². The average molecular weight is 346 g/mol. The fraction of sp³-hybridized carbons (Fsp3) is 0.333. The van der Waals surface area contributed by atoms with Crippen molar-refractivity contribution in [2.24, 2.45) is 0 Å². The van der Waals surface area contributed by atoms with E-state index < -0.39 is 0 Å². The van der Waals surface area contributed by atoms with E-state index in [0.717, 1.165) is 18.7 Å². The minimum atomic E-state index is -0.0994. The maximum atomic E-state index is 12.3. The number of aromatic nitrogens is 1. The SMILES string of the molecule is O=C(NCC(c1cccc(Cl)c1)N1CCOCC1)c1ccncc1. The lowest BCUT2D eigenvalue weighted by atomic mass is 10.0. The molecule has 0 bridgehead atoms. The van der Waals surface area contributed by atoms with Gasteiger partial charge in [-0.15, -0.1) is 0 Å². The summed E-state index contributed by atoms with van der Waals surface area (Å²) in [6, 6.07) is 11.3. The molecule has 5 nitrogen and oxygen atoms in total. The molecule has 1 atom stereocenters. The smallest absolute Gasteiger partial charge is 0.251 e. The van der Waals surface area contributed by atoms with Gasteiger partial charge in [0, 0.05) is 42.6 Å². The first-order valence-electron chi connectivity index (χ1n) is 7.99. The molecular formula is C18H20ClN3O2. The van der Waals surface area contributed by atoms with E-state index >= 15 is 0 Å². The van der Waals surface area contributed by atoms with Crippen molar-refractivity contribution in [3.05, 3.63) is 64.9 Å². The van der Waals surface area contributed by atoms with Gasteiger partial charge >= 0.3 is 0 Å². The van der Waals surface area contributed by atoms with Crippen molar-refractivity contribution in [2.45, 2.75) is 6.04 Å². The Morgan fingerprint density at radius 3 is 2.71 bits per heavy atom. The topological polar surface area (TPSA) is 54.5 Å². The zero-order chi connectivity index (χ0) is 16.8. The lowest BCUT2D eigenvalue weighted by Crippen LogP contribution is -2.43. The highest BCUT2D eigenvalue weighted by Crippen LogP contribution is 2.24. The van der Waals surface area contributed by atoms with Crippen molar-refractivity contribution in [1.82, 2.24) is 15.2 Å². The highest BCUT2D eigenvalue weighted by atomic mass is 35.5. The summed E-state index contributed by atoms with van der Waals surface area (Å²) in [5, 5.41) is 3.72. The van der Waals surface area contributed by atoms with Crippen molar-refractivity contribution in [3.63, 3.8) is 0 Å². The molecule has 2 aromatic rings. The predicted molar refractivity (Wildman–Crippen MR) is 93.2 cm³/mol. The molecule has 1 amide bonds. The number of pyridine rings is 1. The number of hydrogen-bond donors (Lipinski definition) is 1. The van der Waals surface area contributed by atoms with E-state index in [4.69, 9.17) is 16.3 Å². The Morgan fingerprint density at radius 1 is 1.25 bits per heavy atom. The van der Waals surface area contributed by atoms with Crippen LogP contribution in [0.5, 0.6) is 0 Å².